The molecule has 130 valence electrons. The fraction of sp³-hybridized carbons (Fsp3) is 0.381. The Kier molecular flexibility index (Phi) is 4.59. The summed E-state index contributed by atoms with van der Waals surface area (Å²) >= 11 is 0. The standard InChI is InChI=1S/C21H25N3O/c25-21(24-15-12-17-6-2-3-7-18(17)16-24)22-19-8-10-20(11-9-19)23-13-4-1-5-14-23/h2-3,6-11H,1,4-5,12-16H2,(H,22,25). The lowest BCUT2D eigenvalue weighted by Gasteiger charge is -2.30. The number of nitrogens with zero attached hydrogens (tertiary/aromatic N) is 2. The van der Waals surface area contributed by atoms with Crippen molar-refractivity contribution in [2.75, 3.05) is 29.9 Å². The van der Waals surface area contributed by atoms with Crippen molar-refractivity contribution in [3.63, 3.8) is 0 Å². The minimum Gasteiger partial charge on any atom is -0.372 e. The Balaban J connectivity index is 1.38. The molecule has 2 amide bonds. The molecule has 2 aromatic carbocycles. The predicted molar refractivity (Wildman–Crippen MR) is 102 cm³/mol. The van der Waals surface area contributed by atoms with E-state index in [0.29, 0.717) is 6.54 Å². The Morgan fingerprint density at radius 2 is 1.56 bits per heavy atom. The van der Waals surface area contributed by atoms with Crippen LogP contribution in [0.25, 0.3) is 0 Å². The first kappa shape index (κ1) is 16.0. The lowest BCUT2D eigenvalue weighted by atomic mass is 10.0. The average Bonchev–Trinajstić information content (AvgIpc) is 2.69. The van der Waals surface area contributed by atoms with Gasteiger partial charge in [0.15, 0.2) is 0 Å². The summed E-state index contributed by atoms with van der Waals surface area (Å²) in [7, 11) is 0. The van der Waals surface area contributed by atoms with Crippen LogP contribution < -0.4 is 10.2 Å². The van der Waals surface area contributed by atoms with Gasteiger partial charge in [0.25, 0.3) is 0 Å². The van der Waals surface area contributed by atoms with Gasteiger partial charge >= 0.3 is 6.03 Å². The lowest BCUT2D eigenvalue weighted by Crippen LogP contribution is -2.38. The highest BCUT2D eigenvalue weighted by Crippen LogP contribution is 2.23. The van der Waals surface area contributed by atoms with Crippen molar-refractivity contribution < 1.29 is 4.79 Å². The molecule has 1 N–H and O–H groups in total. The molecule has 2 aliphatic heterocycles. The summed E-state index contributed by atoms with van der Waals surface area (Å²) in [5.74, 6) is 0. The maximum Gasteiger partial charge on any atom is 0.322 e. The van der Waals surface area contributed by atoms with E-state index in [2.05, 4.69) is 40.5 Å². The van der Waals surface area contributed by atoms with Crippen LogP contribution in [-0.4, -0.2) is 30.6 Å². The molecule has 0 atom stereocenters. The number of anilines is 2. The van der Waals surface area contributed by atoms with Crippen LogP contribution in [0.5, 0.6) is 0 Å². The van der Waals surface area contributed by atoms with Gasteiger partial charge in [-0.2, -0.15) is 0 Å². The number of hydrogen-bond donors (Lipinski definition) is 1. The summed E-state index contributed by atoms with van der Waals surface area (Å²) in [5, 5.41) is 3.04. The van der Waals surface area contributed by atoms with Crippen molar-refractivity contribution in [1.29, 1.82) is 0 Å². The van der Waals surface area contributed by atoms with Crippen LogP contribution >= 0.6 is 0 Å². The highest BCUT2D eigenvalue weighted by Gasteiger charge is 2.20. The fourth-order valence-electron chi connectivity index (χ4n) is 3.78. The predicted octanol–water partition coefficient (Wildman–Crippen LogP) is 4.27. The second kappa shape index (κ2) is 7.18. The molecule has 1 saturated heterocycles. The normalized spacial score (nSPS) is 17.1. The van der Waals surface area contributed by atoms with Gasteiger partial charge in [-0.05, 0) is 61.1 Å². The molecule has 0 bridgehead atoms. The monoisotopic (exact) mass is 335 g/mol. The summed E-state index contributed by atoms with van der Waals surface area (Å²) in [5.41, 5.74) is 4.73. The van der Waals surface area contributed by atoms with Gasteiger partial charge in [0.1, 0.15) is 0 Å². The number of hydrogen-bond acceptors (Lipinski definition) is 2. The number of piperidine rings is 1. The number of rotatable bonds is 2. The van der Waals surface area contributed by atoms with E-state index < -0.39 is 0 Å². The maximum atomic E-state index is 12.6. The van der Waals surface area contributed by atoms with E-state index in [1.54, 1.807) is 0 Å². The van der Waals surface area contributed by atoms with Crippen LogP contribution in [0, 0.1) is 0 Å². The summed E-state index contributed by atoms with van der Waals surface area (Å²) in [4.78, 5) is 16.9. The van der Waals surface area contributed by atoms with Crippen LogP contribution in [-0.2, 0) is 13.0 Å². The number of carbonyl (C=O) groups is 1. The molecule has 0 spiro atoms. The van der Waals surface area contributed by atoms with Crippen molar-refractivity contribution in [3.8, 4) is 0 Å². The number of amides is 2. The van der Waals surface area contributed by atoms with Crippen molar-refractivity contribution in [1.82, 2.24) is 4.90 Å². The minimum atomic E-state index is -0.0137. The van der Waals surface area contributed by atoms with Gasteiger partial charge in [-0.15, -0.1) is 0 Å². The minimum absolute atomic E-state index is 0.0137. The fourth-order valence-corrected chi connectivity index (χ4v) is 3.78. The zero-order valence-electron chi connectivity index (χ0n) is 14.6. The van der Waals surface area contributed by atoms with Gasteiger partial charge in [0.2, 0.25) is 0 Å². The Morgan fingerprint density at radius 3 is 2.32 bits per heavy atom. The average molecular weight is 335 g/mol. The third-order valence-electron chi connectivity index (χ3n) is 5.26. The molecule has 0 radical (unpaired) electrons. The van der Waals surface area contributed by atoms with Crippen LogP contribution in [0.2, 0.25) is 0 Å². The lowest BCUT2D eigenvalue weighted by molar-refractivity contribution is 0.206. The van der Waals surface area contributed by atoms with E-state index >= 15 is 0 Å². The van der Waals surface area contributed by atoms with Gasteiger partial charge in [-0.1, -0.05) is 24.3 Å². The molecule has 0 aromatic heterocycles. The van der Waals surface area contributed by atoms with Crippen LogP contribution in [0.1, 0.15) is 30.4 Å². The van der Waals surface area contributed by atoms with Crippen molar-refractivity contribution in [2.45, 2.75) is 32.2 Å². The number of carbonyl (C=O) groups excluding carboxylic acids is 1. The smallest absolute Gasteiger partial charge is 0.322 e. The molecule has 2 heterocycles. The molecule has 4 nitrogen and oxygen atoms in total. The van der Waals surface area contributed by atoms with Gasteiger partial charge < -0.3 is 15.1 Å². The first-order valence-electron chi connectivity index (χ1n) is 9.27. The van der Waals surface area contributed by atoms with Crippen molar-refractivity contribution in [2.24, 2.45) is 0 Å². The molecule has 4 rings (SSSR count). The molecule has 1 fully saturated rings. The zero-order chi connectivity index (χ0) is 17.1. The van der Waals surface area contributed by atoms with E-state index in [9.17, 15) is 4.79 Å². The molecule has 2 aliphatic rings. The van der Waals surface area contributed by atoms with E-state index in [1.807, 2.05) is 23.1 Å². The number of nitrogens with one attached hydrogen (secondary N) is 1. The molecule has 0 saturated carbocycles. The van der Waals surface area contributed by atoms with Crippen LogP contribution in [0.15, 0.2) is 48.5 Å². The summed E-state index contributed by atoms with van der Waals surface area (Å²) in [6.07, 6.45) is 4.81. The summed E-state index contributed by atoms with van der Waals surface area (Å²) in [6.45, 7) is 3.74. The Morgan fingerprint density at radius 1 is 0.840 bits per heavy atom. The number of fused-ring (bicyclic) bond motifs is 1. The molecule has 0 aliphatic carbocycles. The van der Waals surface area contributed by atoms with Gasteiger partial charge in [0.05, 0.1) is 0 Å². The first-order chi connectivity index (χ1) is 12.3. The maximum absolute atomic E-state index is 12.6. The van der Waals surface area contributed by atoms with Crippen molar-refractivity contribution in [3.05, 3.63) is 59.7 Å². The van der Waals surface area contributed by atoms with Crippen molar-refractivity contribution >= 4 is 17.4 Å². The third-order valence-corrected chi connectivity index (χ3v) is 5.26. The second-order valence-electron chi connectivity index (χ2n) is 6.97. The quantitative estimate of drug-likeness (QED) is 0.890. The molecule has 0 unspecified atom stereocenters. The zero-order valence-corrected chi connectivity index (χ0v) is 14.6. The number of urea groups is 1. The highest BCUT2D eigenvalue weighted by atomic mass is 16.2. The van der Waals surface area contributed by atoms with E-state index in [4.69, 9.17) is 0 Å². The Bertz CT molecular complexity index is 735. The number of benzene rings is 2. The summed E-state index contributed by atoms with van der Waals surface area (Å²) < 4.78 is 0. The Hall–Kier alpha value is -2.49. The molecule has 25 heavy (non-hydrogen) atoms. The van der Waals surface area contributed by atoms with E-state index in [-0.39, 0.29) is 6.03 Å². The third kappa shape index (κ3) is 3.63. The largest absolute Gasteiger partial charge is 0.372 e. The second-order valence-corrected chi connectivity index (χ2v) is 6.97. The topological polar surface area (TPSA) is 35.6 Å². The summed E-state index contributed by atoms with van der Waals surface area (Å²) in [6, 6.07) is 16.6. The first-order valence-corrected chi connectivity index (χ1v) is 9.27. The Labute approximate surface area is 149 Å². The highest BCUT2D eigenvalue weighted by molar-refractivity contribution is 5.89. The van der Waals surface area contributed by atoms with Crippen LogP contribution in [0.4, 0.5) is 16.2 Å². The molecular formula is C21H25N3O. The van der Waals surface area contributed by atoms with Crippen LogP contribution in [0.3, 0.4) is 0 Å². The van der Waals surface area contributed by atoms with Gasteiger partial charge in [0, 0.05) is 37.6 Å². The SMILES string of the molecule is O=C(Nc1ccc(N2CCCCC2)cc1)N1CCc2ccccc2C1. The molecular weight excluding hydrogens is 310 g/mol. The van der Waals surface area contributed by atoms with E-state index in [1.165, 1.54) is 36.1 Å². The van der Waals surface area contributed by atoms with Gasteiger partial charge in [-0.25, -0.2) is 4.79 Å². The molecule has 4 heteroatoms. The van der Waals surface area contributed by atoms with E-state index in [0.717, 1.165) is 31.7 Å². The molecule has 2 aromatic rings. The van der Waals surface area contributed by atoms with Gasteiger partial charge in [-0.3, -0.25) is 0 Å².